The first-order valence-electron chi connectivity index (χ1n) is 10.5. The number of anilines is 5. The van der Waals surface area contributed by atoms with Crippen LogP contribution in [0.15, 0.2) is 42.6 Å². The first-order valence-corrected chi connectivity index (χ1v) is 10.5. The molecule has 11 heteroatoms. The minimum absolute atomic E-state index is 0.0278. The summed E-state index contributed by atoms with van der Waals surface area (Å²) in [5, 5.41) is 11.8. The Labute approximate surface area is 194 Å². The smallest absolute Gasteiger partial charge is 0.298 e. The second-order valence-electron chi connectivity index (χ2n) is 7.46. The van der Waals surface area contributed by atoms with E-state index in [0.29, 0.717) is 48.1 Å². The van der Waals surface area contributed by atoms with E-state index in [1.807, 2.05) is 0 Å². The van der Waals surface area contributed by atoms with Crippen molar-refractivity contribution in [2.24, 2.45) is 0 Å². The van der Waals surface area contributed by atoms with Gasteiger partial charge in [-0.3, -0.25) is 9.59 Å². The summed E-state index contributed by atoms with van der Waals surface area (Å²) in [4.78, 5) is 30.4. The zero-order valence-corrected chi connectivity index (χ0v) is 18.5. The lowest BCUT2D eigenvalue weighted by molar-refractivity contribution is -0.121. The number of carbonyl (C=O) groups is 2. The number of hydrogen-bond acceptors (Lipinski definition) is 9. The zero-order chi connectivity index (χ0) is 24.1. The molecule has 0 aliphatic carbocycles. The molecule has 0 saturated heterocycles. The summed E-state index contributed by atoms with van der Waals surface area (Å²) in [7, 11) is 1.69. The summed E-state index contributed by atoms with van der Waals surface area (Å²) in [6.07, 6.45) is 1.69. The largest absolute Gasteiger partial charge is 0.493 e. The molecule has 0 radical (unpaired) electrons. The number of amides is 1. The van der Waals surface area contributed by atoms with Crippen LogP contribution < -0.4 is 30.7 Å². The lowest BCUT2D eigenvalue weighted by Crippen LogP contribution is -2.30. The second-order valence-corrected chi connectivity index (χ2v) is 7.46. The van der Waals surface area contributed by atoms with Gasteiger partial charge in [-0.25, -0.2) is 9.37 Å². The highest BCUT2D eigenvalue weighted by Crippen LogP contribution is 2.35. The van der Waals surface area contributed by atoms with Gasteiger partial charge in [0.15, 0.2) is 17.4 Å². The van der Waals surface area contributed by atoms with Gasteiger partial charge < -0.3 is 30.7 Å². The Morgan fingerprint density at radius 2 is 2.00 bits per heavy atom. The Morgan fingerprint density at radius 3 is 2.76 bits per heavy atom. The summed E-state index contributed by atoms with van der Waals surface area (Å²) >= 11 is 0. The molecule has 1 unspecified atom stereocenters. The molecule has 2 aromatic carbocycles. The van der Waals surface area contributed by atoms with Crippen LogP contribution in [0.4, 0.5) is 33.2 Å². The van der Waals surface area contributed by atoms with Crippen molar-refractivity contribution in [2.45, 2.75) is 19.4 Å². The third-order valence-corrected chi connectivity index (χ3v) is 5.11. The monoisotopic (exact) mass is 466 g/mol. The fraction of sp³-hybridized carbons (Fsp3) is 0.217. The van der Waals surface area contributed by atoms with Gasteiger partial charge in [0.2, 0.25) is 11.9 Å². The van der Waals surface area contributed by atoms with E-state index in [1.165, 1.54) is 6.92 Å². The summed E-state index contributed by atoms with van der Waals surface area (Å²) in [5.41, 5.74) is 2.55. The molecule has 1 amide bonds. The summed E-state index contributed by atoms with van der Waals surface area (Å²) in [5.74, 6) is 0.389. The van der Waals surface area contributed by atoms with Crippen molar-refractivity contribution in [3.8, 4) is 11.5 Å². The molecule has 1 atom stereocenters. The van der Waals surface area contributed by atoms with Crippen molar-refractivity contribution in [2.75, 3.05) is 29.6 Å². The van der Waals surface area contributed by atoms with Crippen molar-refractivity contribution >= 4 is 41.2 Å². The third kappa shape index (κ3) is 5.14. The van der Waals surface area contributed by atoms with Gasteiger partial charge in [0.25, 0.3) is 6.47 Å². The molecule has 0 fully saturated rings. The molecule has 4 rings (SSSR count). The third-order valence-electron chi connectivity index (χ3n) is 5.11. The number of halogens is 1. The molecule has 0 bridgehead atoms. The Balaban J connectivity index is 1.55. The Hall–Kier alpha value is -4.41. The van der Waals surface area contributed by atoms with Crippen molar-refractivity contribution in [1.29, 1.82) is 0 Å². The van der Waals surface area contributed by atoms with Crippen LogP contribution in [-0.4, -0.2) is 36.0 Å². The standard InChI is InChI=1S/C23H23FN6O4/c1-13(32)27-18-7-8-33-20-5-3-14(9-16(18)20)28-22-17(24)11-26-23(30-22)29-15-4-6-21(34-12-31)19(10-15)25-2/h3-6,9-12,18,25H,7-8H2,1-2H3,(H,27,32)(H2,26,28,29,30). The van der Waals surface area contributed by atoms with Crippen LogP contribution in [0.1, 0.15) is 24.9 Å². The number of nitrogens with zero attached hydrogens (tertiary/aromatic N) is 2. The van der Waals surface area contributed by atoms with Gasteiger partial charge in [0.1, 0.15) is 5.75 Å². The van der Waals surface area contributed by atoms with Crippen LogP contribution in [0.3, 0.4) is 0 Å². The summed E-state index contributed by atoms with van der Waals surface area (Å²) < 4.78 is 25.1. The molecule has 0 spiro atoms. The second kappa shape index (κ2) is 10.0. The highest BCUT2D eigenvalue weighted by Gasteiger charge is 2.23. The van der Waals surface area contributed by atoms with Crippen LogP contribution in [-0.2, 0) is 9.59 Å². The van der Waals surface area contributed by atoms with Gasteiger partial charge in [0, 0.05) is 37.3 Å². The molecule has 4 N–H and O–H groups in total. The molecule has 1 aromatic heterocycles. The Morgan fingerprint density at radius 1 is 1.21 bits per heavy atom. The number of ether oxygens (including phenoxy) is 2. The van der Waals surface area contributed by atoms with E-state index in [2.05, 4.69) is 31.2 Å². The van der Waals surface area contributed by atoms with E-state index in [-0.39, 0.29) is 23.7 Å². The highest BCUT2D eigenvalue weighted by molar-refractivity contribution is 5.74. The van der Waals surface area contributed by atoms with E-state index < -0.39 is 5.82 Å². The number of nitrogens with one attached hydrogen (secondary N) is 4. The molecule has 0 saturated carbocycles. The van der Waals surface area contributed by atoms with Crippen LogP contribution in [0, 0.1) is 5.82 Å². The van der Waals surface area contributed by atoms with E-state index in [0.717, 1.165) is 11.8 Å². The number of aromatic nitrogens is 2. The van der Waals surface area contributed by atoms with E-state index in [9.17, 15) is 14.0 Å². The Bertz CT molecular complexity index is 1220. The Kier molecular flexibility index (Phi) is 6.72. The number of rotatable bonds is 8. The number of benzene rings is 2. The van der Waals surface area contributed by atoms with Crippen LogP contribution in [0.2, 0.25) is 0 Å². The van der Waals surface area contributed by atoms with Crippen LogP contribution >= 0.6 is 0 Å². The molecule has 1 aliphatic heterocycles. The molecule has 176 valence electrons. The number of hydrogen-bond donors (Lipinski definition) is 4. The van der Waals surface area contributed by atoms with E-state index in [1.54, 1.807) is 43.4 Å². The quantitative estimate of drug-likeness (QED) is 0.368. The maximum atomic E-state index is 14.5. The maximum Gasteiger partial charge on any atom is 0.298 e. The number of carbonyl (C=O) groups excluding carboxylic acids is 2. The predicted octanol–water partition coefficient (Wildman–Crippen LogP) is 3.64. The van der Waals surface area contributed by atoms with E-state index >= 15 is 0 Å². The fourth-order valence-corrected chi connectivity index (χ4v) is 3.61. The summed E-state index contributed by atoms with van der Waals surface area (Å²) in [6.45, 7) is 2.30. The van der Waals surface area contributed by atoms with Crippen molar-refractivity contribution in [1.82, 2.24) is 15.3 Å². The first-order chi connectivity index (χ1) is 16.5. The molecule has 10 nitrogen and oxygen atoms in total. The zero-order valence-electron chi connectivity index (χ0n) is 18.5. The van der Waals surface area contributed by atoms with Crippen LogP contribution in [0.25, 0.3) is 0 Å². The van der Waals surface area contributed by atoms with Crippen LogP contribution in [0.5, 0.6) is 11.5 Å². The summed E-state index contributed by atoms with van der Waals surface area (Å²) in [6, 6.07) is 10.1. The van der Waals surface area contributed by atoms with Crippen molar-refractivity contribution < 1.29 is 23.5 Å². The van der Waals surface area contributed by atoms with Gasteiger partial charge in [-0.15, -0.1) is 0 Å². The minimum atomic E-state index is -0.636. The topological polar surface area (TPSA) is 127 Å². The molecular formula is C23H23FN6O4. The first kappa shape index (κ1) is 22.8. The molecular weight excluding hydrogens is 443 g/mol. The van der Waals surface area contributed by atoms with Gasteiger partial charge in [-0.05, 0) is 36.4 Å². The highest BCUT2D eigenvalue weighted by atomic mass is 19.1. The number of fused-ring (bicyclic) bond motifs is 1. The molecule has 34 heavy (non-hydrogen) atoms. The average Bonchev–Trinajstić information content (AvgIpc) is 2.82. The molecule has 3 aromatic rings. The van der Waals surface area contributed by atoms with E-state index in [4.69, 9.17) is 9.47 Å². The van der Waals surface area contributed by atoms with Gasteiger partial charge in [-0.1, -0.05) is 0 Å². The fourth-order valence-electron chi connectivity index (χ4n) is 3.61. The van der Waals surface area contributed by atoms with Crippen molar-refractivity contribution in [3.63, 3.8) is 0 Å². The van der Waals surface area contributed by atoms with Crippen molar-refractivity contribution in [3.05, 3.63) is 54.0 Å². The maximum absolute atomic E-state index is 14.5. The lowest BCUT2D eigenvalue weighted by Gasteiger charge is -2.27. The van der Waals surface area contributed by atoms with Gasteiger partial charge >= 0.3 is 0 Å². The molecule has 2 heterocycles. The van der Waals surface area contributed by atoms with Gasteiger partial charge in [-0.2, -0.15) is 4.98 Å². The van der Waals surface area contributed by atoms with Gasteiger partial charge in [0.05, 0.1) is 24.5 Å². The minimum Gasteiger partial charge on any atom is -0.493 e. The predicted molar refractivity (Wildman–Crippen MR) is 124 cm³/mol. The average molecular weight is 466 g/mol. The lowest BCUT2D eigenvalue weighted by atomic mass is 10.00. The SMILES string of the molecule is CNc1cc(Nc2ncc(F)c(Nc3ccc4c(c3)C(NC(C)=O)CCO4)n2)ccc1OC=O. The normalized spacial score (nSPS) is 14.3. The molecule has 1 aliphatic rings.